The van der Waals surface area contributed by atoms with Gasteiger partial charge in [-0.2, -0.15) is 0 Å². The monoisotopic (exact) mass is 383 g/mol. The van der Waals surface area contributed by atoms with Gasteiger partial charge in [0.2, 0.25) is 0 Å². The van der Waals surface area contributed by atoms with Crippen LogP contribution in [0.25, 0.3) is 11.1 Å². The minimum absolute atomic E-state index is 0.398. The number of hydrogen-bond acceptors (Lipinski definition) is 4. The Hall–Kier alpha value is -2.14. The van der Waals surface area contributed by atoms with E-state index in [2.05, 4.69) is 78.8 Å². The van der Waals surface area contributed by atoms with Crippen LogP contribution < -0.4 is 10.3 Å². The molecule has 0 amide bonds. The predicted molar refractivity (Wildman–Crippen MR) is 122 cm³/mol. The molecule has 0 aromatic heterocycles. The third-order valence-corrected chi connectivity index (χ3v) is 4.72. The number of aliphatic hydroxyl groups is 1. The minimum Gasteiger partial charge on any atom is -0.374 e. The molecule has 2 unspecified atom stereocenters. The highest BCUT2D eigenvalue weighted by molar-refractivity contribution is 5.71. The van der Waals surface area contributed by atoms with Crippen LogP contribution in [-0.4, -0.2) is 30.3 Å². The number of hydrazine groups is 1. The number of aliphatic hydroxyl groups excluding tert-OH is 1. The van der Waals surface area contributed by atoms with Crippen molar-refractivity contribution in [3.63, 3.8) is 0 Å². The van der Waals surface area contributed by atoms with Crippen molar-refractivity contribution < 1.29 is 5.11 Å². The maximum Gasteiger partial charge on any atom is 0.130 e. The fraction of sp³-hybridized carbons (Fsp3) is 0.417. The first-order chi connectivity index (χ1) is 13.5. The van der Waals surface area contributed by atoms with Crippen LogP contribution in [0.3, 0.4) is 0 Å². The van der Waals surface area contributed by atoms with Crippen molar-refractivity contribution in [2.75, 3.05) is 19.1 Å². The Labute approximate surface area is 171 Å². The Morgan fingerprint density at radius 3 is 2.04 bits per heavy atom. The summed E-state index contributed by atoms with van der Waals surface area (Å²) in [6.45, 7) is 12.3. The summed E-state index contributed by atoms with van der Waals surface area (Å²) in [4.78, 5) is 0. The smallest absolute Gasteiger partial charge is 0.130 e. The van der Waals surface area contributed by atoms with Gasteiger partial charge in [0.15, 0.2) is 0 Å². The Balaban J connectivity index is 0.000000921. The van der Waals surface area contributed by atoms with Gasteiger partial charge in [-0.05, 0) is 55.3 Å². The number of nitrogens with zero attached hydrogens (tertiary/aromatic N) is 2. The second-order valence-electron chi connectivity index (χ2n) is 6.31. The van der Waals surface area contributed by atoms with Gasteiger partial charge in [0, 0.05) is 19.3 Å². The highest BCUT2D eigenvalue weighted by Gasteiger charge is 2.21. The van der Waals surface area contributed by atoms with E-state index in [1.165, 1.54) is 16.8 Å². The van der Waals surface area contributed by atoms with Crippen LogP contribution in [0, 0.1) is 6.92 Å². The number of nitrogens with one attached hydrogen (secondary N) is 1. The van der Waals surface area contributed by atoms with E-state index >= 15 is 0 Å². The average molecular weight is 384 g/mol. The fourth-order valence-electron chi connectivity index (χ4n) is 2.94. The van der Waals surface area contributed by atoms with Crippen LogP contribution in [0.4, 0.5) is 5.69 Å². The van der Waals surface area contributed by atoms with Crippen LogP contribution >= 0.6 is 0 Å². The lowest BCUT2D eigenvalue weighted by Crippen LogP contribution is -2.36. The van der Waals surface area contributed by atoms with E-state index in [4.69, 9.17) is 0 Å². The van der Waals surface area contributed by atoms with Crippen LogP contribution in [0.1, 0.15) is 52.0 Å². The summed E-state index contributed by atoms with van der Waals surface area (Å²) in [5.41, 5.74) is 5.61. The zero-order valence-electron chi connectivity index (χ0n) is 18.7. The summed E-state index contributed by atoms with van der Waals surface area (Å²) in [6, 6.07) is 14.9. The molecule has 0 saturated carbocycles. The van der Waals surface area contributed by atoms with Gasteiger partial charge in [-0.1, -0.05) is 64.1 Å². The molecule has 2 aromatic carbocycles. The highest BCUT2D eigenvalue weighted by atomic mass is 16.3. The van der Waals surface area contributed by atoms with Gasteiger partial charge in [-0.3, -0.25) is 10.3 Å². The molecule has 2 aromatic rings. The molecule has 4 nitrogen and oxygen atoms in total. The lowest BCUT2D eigenvalue weighted by molar-refractivity contribution is 0.149. The zero-order chi connectivity index (χ0) is 21.3. The molecule has 0 aliphatic carbocycles. The Bertz CT molecular complexity index is 740. The van der Waals surface area contributed by atoms with Crippen LogP contribution in [0.5, 0.6) is 0 Å². The molecule has 4 heteroatoms. The first-order valence-corrected chi connectivity index (χ1v) is 10.3. The standard InChI is InChI=1S/C20H25N3O.2C2H6/c1-14-5-6-18(13-19(14)23-12-11-15(2)22(23)4)16-7-9-17(10-8-16)20(24)21-3;2*1-2/h5-13,15,20-21,24H,1-4H3;2*1-2H3. The lowest BCUT2D eigenvalue weighted by atomic mass is 10.0. The molecular formula is C24H37N3O. The van der Waals surface area contributed by atoms with E-state index in [0.717, 1.165) is 11.1 Å². The topological polar surface area (TPSA) is 38.7 Å². The summed E-state index contributed by atoms with van der Waals surface area (Å²) in [5.74, 6) is 0. The predicted octanol–water partition coefficient (Wildman–Crippen LogP) is 5.49. The third-order valence-electron chi connectivity index (χ3n) is 4.72. The van der Waals surface area contributed by atoms with E-state index in [1.807, 2.05) is 39.8 Å². The van der Waals surface area contributed by atoms with Gasteiger partial charge in [0.1, 0.15) is 6.23 Å². The van der Waals surface area contributed by atoms with Crippen molar-refractivity contribution in [2.45, 2.75) is 53.8 Å². The van der Waals surface area contributed by atoms with Crippen LogP contribution in [-0.2, 0) is 0 Å². The third kappa shape index (κ3) is 5.44. The molecule has 1 heterocycles. The SMILES string of the molecule is CC.CC.CNC(O)c1ccc(-c2ccc(C)c(N3C=CC(C)N3C)c2)cc1. The van der Waals surface area contributed by atoms with Gasteiger partial charge in [0.05, 0.1) is 5.69 Å². The molecule has 0 saturated heterocycles. The minimum atomic E-state index is -0.627. The zero-order valence-corrected chi connectivity index (χ0v) is 18.7. The number of likely N-dealkylation sites (N-methyl/N-ethyl adjacent to an activating group) is 1. The van der Waals surface area contributed by atoms with E-state index in [0.29, 0.717) is 6.04 Å². The molecule has 154 valence electrons. The van der Waals surface area contributed by atoms with E-state index in [1.54, 1.807) is 7.05 Å². The maximum atomic E-state index is 9.84. The second-order valence-corrected chi connectivity index (χ2v) is 6.31. The molecule has 1 aliphatic rings. The summed E-state index contributed by atoms with van der Waals surface area (Å²) in [7, 11) is 3.84. The molecule has 0 fully saturated rings. The van der Waals surface area contributed by atoms with Gasteiger partial charge in [-0.15, -0.1) is 0 Å². The fourth-order valence-corrected chi connectivity index (χ4v) is 2.94. The van der Waals surface area contributed by atoms with Crippen molar-refractivity contribution in [2.24, 2.45) is 0 Å². The normalized spacial score (nSPS) is 16.8. The van der Waals surface area contributed by atoms with Crippen molar-refractivity contribution in [3.8, 4) is 11.1 Å². The lowest BCUT2D eigenvalue weighted by Gasteiger charge is -2.30. The Morgan fingerprint density at radius 2 is 1.54 bits per heavy atom. The number of rotatable bonds is 4. The number of hydrogen-bond donors (Lipinski definition) is 2. The largest absolute Gasteiger partial charge is 0.374 e. The average Bonchev–Trinajstić information content (AvgIpc) is 3.09. The first-order valence-electron chi connectivity index (χ1n) is 10.3. The van der Waals surface area contributed by atoms with Crippen molar-refractivity contribution >= 4 is 5.69 Å². The number of aryl methyl sites for hydroxylation is 1. The molecule has 28 heavy (non-hydrogen) atoms. The molecular weight excluding hydrogens is 346 g/mol. The van der Waals surface area contributed by atoms with Gasteiger partial charge < -0.3 is 5.11 Å². The van der Waals surface area contributed by atoms with Crippen molar-refractivity contribution in [1.82, 2.24) is 10.3 Å². The maximum absolute atomic E-state index is 9.84. The van der Waals surface area contributed by atoms with Crippen LogP contribution in [0.2, 0.25) is 0 Å². The van der Waals surface area contributed by atoms with Gasteiger partial charge in [-0.25, -0.2) is 5.01 Å². The van der Waals surface area contributed by atoms with Crippen molar-refractivity contribution in [1.29, 1.82) is 0 Å². The van der Waals surface area contributed by atoms with Crippen molar-refractivity contribution in [3.05, 3.63) is 65.9 Å². The summed E-state index contributed by atoms with van der Waals surface area (Å²) >= 11 is 0. The molecule has 0 spiro atoms. The van der Waals surface area contributed by atoms with Crippen LogP contribution in [0.15, 0.2) is 54.7 Å². The Kier molecular flexibility index (Phi) is 9.94. The van der Waals surface area contributed by atoms with Gasteiger partial charge >= 0.3 is 0 Å². The molecule has 1 aliphatic heterocycles. The molecule has 0 bridgehead atoms. The Morgan fingerprint density at radius 1 is 0.964 bits per heavy atom. The van der Waals surface area contributed by atoms with E-state index in [9.17, 15) is 5.11 Å². The first kappa shape index (κ1) is 23.9. The van der Waals surface area contributed by atoms with E-state index < -0.39 is 6.23 Å². The molecule has 0 radical (unpaired) electrons. The number of anilines is 1. The summed E-state index contributed by atoms with van der Waals surface area (Å²) < 4.78 is 0. The number of benzene rings is 2. The molecule has 2 atom stereocenters. The van der Waals surface area contributed by atoms with Gasteiger partial charge in [0.25, 0.3) is 0 Å². The molecule has 2 N–H and O–H groups in total. The summed E-state index contributed by atoms with van der Waals surface area (Å²) in [6.07, 6.45) is 3.70. The highest BCUT2D eigenvalue weighted by Crippen LogP contribution is 2.31. The molecule has 3 rings (SSSR count). The quantitative estimate of drug-likeness (QED) is 0.684. The summed E-state index contributed by atoms with van der Waals surface area (Å²) in [5, 5.41) is 17.1. The van der Waals surface area contributed by atoms with E-state index in [-0.39, 0.29) is 0 Å². The second kappa shape index (κ2) is 11.6.